The van der Waals surface area contributed by atoms with E-state index in [0.29, 0.717) is 51.1 Å². The summed E-state index contributed by atoms with van der Waals surface area (Å²) in [7, 11) is 0. The van der Waals surface area contributed by atoms with Crippen molar-refractivity contribution in [3.05, 3.63) is 65.5 Å². The van der Waals surface area contributed by atoms with Gasteiger partial charge in [-0.2, -0.15) is 0 Å². The van der Waals surface area contributed by atoms with Crippen molar-refractivity contribution in [3.63, 3.8) is 0 Å². The van der Waals surface area contributed by atoms with Crippen LogP contribution in [0.15, 0.2) is 48.5 Å². The van der Waals surface area contributed by atoms with E-state index in [9.17, 15) is 14.0 Å². The minimum Gasteiger partial charge on any atom is -0.340 e. The van der Waals surface area contributed by atoms with Crippen LogP contribution < -0.4 is 5.32 Å². The lowest BCUT2D eigenvalue weighted by molar-refractivity contribution is -0.133. The first kappa shape index (κ1) is 21.0. The molecule has 2 amide bonds. The molecule has 1 N–H and O–H groups in total. The average molecular weight is 397 g/mol. The Bertz CT molecular complexity index is 848. The van der Waals surface area contributed by atoms with E-state index in [0.717, 1.165) is 17.7 Å². The molecule has 0 radical (unpaired) electrons. The van der Waals surface area contributed by atoms with Gasteiger partial charge in [0.2, 0.25) is 11.8 Å². The number of hydrogen-bond acceptors (Lipinski definition) is 3. The molecular weight excluding hydrogens is 369 g/mol. The summed E-state index contributed by atoms with van der Waals surface area (Å²) in [5.41, 5.74) is 2.55. The molecule has 2 aromatic rings. The third kappa shape index (κ3) is 5.87. The maximum atomic E-state index is 13.7. The molecule has 0 unspecified atom stereocenters. The number of carbonyl (C=O) groups excluding carboxylic acids is 2. The van der Waals surface area contributed by atoms with E-state index in [-0.39, 0.29) is 17.6 Å². The van der Waals surface area contributed by atoms with Crippen LogP contribution in [0.25, 0.3) is 0 Å². The van der Waals surface area contributed by atoms with Gasteiger partial charge in [-0.25, -0.2) is 4.39 Å². The second-order valence-electron chi connectivity index (χ2n) is 7.31. The summed E-state index contributed by atoms with van der Waals surface area (Å²) in [6, 6.07) is 14.4. The van der Waals surface area contributed by atoms with Gasteiger partial charge in [0.25, 0.3) is 0 Å². The number of carbonyl (C=O) groups is 2. The summed E-state index contributed by atoms with van der Waals surface area (Å²) >= 11 is 0. The lowest BCUT2D eigenvalue weighted by atomic mass is 10.1. The van der Waals surface area contributed by atoms with Crippen molar-refractivity contribution in [2.24, 2.45) is 0 Å². The third-order valence-corrected chi connectivity index (χ3v) is 5.33. The van der Waals surface area contributed by atoms with Crippen molar-refractivity contribution in [1.82, 2.24) is 9.80 Å². The van der Waals surface area contributed by atoms with E-state index < -0.39 is 0 Å². The smallest absolute Gasteiger partial charge is 0.238 e. The fourth-order valence-electron chi connectivity index (χ4n) is 3.60. The normalized spacial score (nSPS) is 14.6. The Morgan fingerprint density at radius 1 is 0.966 bits per heavy atom. The van der Waals surface area contributed by atoms with E-state index in [1.54, 1.807) is 18.2 Å². The zero-order valence-electron chi connectivity index (χ0n) is 16.9. The topological polar surface area (TPSA) is 52.7 Å². The molecule has 0 spiro atoms. The van der Waals surface area contributed by atoms with Gasteiger partial charge in [-0.1, -0.05) is 43.3 Å². The Labute approximate surface area is 171 Å². The highest BCUT2D eigenvalue weighted by Crippen LogP contribution is 2.16. The Kier molecular flexibility index (Phi) is 7.36. The van der Waals surface area contributed by atoms with Gasteiger partial charge in [-0.15, -0.1) is 0 Å². The van der Waals surface area contributed by atoms with Gasteiger partial charge in [0.05, 0.1) is 6.54 Å². The van der Waals surface area contributed by atoms with E-state index in [1.807, 2.05) is 29.2 Å². The number of amides is 2. The SMILES string of the molecule is CCc1ccccc1NC(=O)CN1CCN(C(=O)CCc2ccccc2F)CC1. The monoisotopic (exact) mass is 397 g/mol. The number of nitrogens with one attached hydrogen (secondary N) is 1. The molecule has 29 heavy (non-hydrogen) atoms. The standard InChI is InChI=1S/C23H28FN3O2/c1-2-18-7-4-6-10-21(18)25-22(28)17-26-13-15-27(16-14-26)23(29)12-11-19-8-3-5-9-20(19)24/h3-10H,2,11-17H2,1H3,(H,25,28). The second-order valence-corrected chi connectivity index (χ2v) is 7.31. The molecule has 3 rings (SSSR count). The van der Waals surface area contributed by atoms with Gasteiger partial charge in [0.15, 0.2) is 0 Å². The first-order valence-electron chi connectivity index (χ1n) is 10.2. The number of rotatable bonds is 7. The zero-order chi connectivity index (χ0) is 20.6. The Morgan fingerprint density at radius 2 is 1.62 bits per heavy atom. The minimum absolute atomic E-state index is 0.0363. The van der Waals surface area contributed by atoms with Crippen molar-refractivity contribution in [1.29, 1.82) is 0 Å². The Balaban J connectivity index is 1.42. The number of hydrogen-bond donors (Lipinski definition) is 1. The van der Waals surface area contributed by atoms with Crippen LogP contribution in [-0.2, 0) is 22.4 Å². The number of benzene rings is 2. The Hall–Kier alpha value is -2.73. The fraction of sp³-hybridized carbons (Fsp3) is 0.391. The maximum absolute atomic E-state index is 13.7. The highest BCUT2D eigenvalue weighted by Gasteiger charge is 2.22. The van der Waals surface area contributed by atoms with Crippen LogP contribution in [0, 0.1) is 5.82 Å². The quantitative estimate of drug-likeness (QED) is 0.781. The molecule has 1 heterocycles. The number of piperazine rings is 1. The number of anilines is 1. The highest BCUT2D eigenvalue weighted by atomic mass is 19.1. The van der Waals surface area contributed by atoms with Gasteiger partial charge in [0.1, 0.15) is 5.82 Å². The van der Waals surface area contributed by atoms with Crippen molar-refractivity contribution >= 4 is 17.5 Å². The predicted molar refractivity (Wildman–Crippen MR) is 112 cm³/mol. The summed E-state index contributed by atoms with van der Waals surface area (Å²) in [6.45, 7) is 4.88. The largest absolute Gasteiger partial charge is 0.340 e. The van der Waals surface area contributed by atoms with Crippen LogP contribution in [0.4, 0.5) is 10.1 Å². The molecular formula is C23H28FN3O2. The van der Waals surface area contributed by atoms with Gasteiger partial charge < -0.3 is 10.2 Å². The van der Waals surface area contributed by atoms with Crippen molar-refractivity contribution in [2.45, 2.75) is 26.2 Å². The Morgan fingerprint density at radius 3 is 2.31 bits per heavy atom. The molecule has 2 aromatic carbocycles. The number of halogens is 1. The number of nitrogens with zero attached hydrogens (tertiary/aromatic N) is 2. The van der Waals surface area contributed by atoms with Crippen molar-refractivity contribution in [3.8, 4) is 0 Å². The molecule has 0 aromatic heterocycles. The number of aryl methyl sites for hydroxylation is 2. The summed E-state index contributed by atoms with van der Waals surface area (Å²) in [4.78, 5) is 28.7. The summed E-state index contributed by atoms with van der Waals surface area (Å²) in [5, 5.41) is 2.99. The van der Waals surface area contributed by atoms with Crippen LogP contribution >= 0.6 is 0 Å². The predicted octanol–water partition coefficient (Wildman–Crippen LogP) is 3.10. The molecule has 1 aliphatic rings. The van der Waals surface area contributed by atoms with Gasteiger partial charge in [-0.3, -0.25) is 14.5 Å². The van der Waals surface area contributed by atoms with Crippen LogP contribution in [0.3, 0.4) is 0 Å². The lowest BCUT2D eigenvalue weighted by Gasteiger charge is -2.34. The third-order valence-electron chi connectivity index (χ3n) is 5.33. The molecule has 6 heteroatoms. The minimum atomic E-state index is -0.263. The number of para-hydroxylation sites is 1. The van der Waals surface area contributed by atoms with Gasteiger partial charge in [0, 0.05) is 38.3 Å². The van der Waals surface area contributed by atoms with Gasteiger partial charge in [-0.05, 0) is 36.1 Å². The van der Waals surface area contributed by atoms with Crippen LogP contribution in [0.2, 0.25) is 0 Å². The molecule has 0 bridgehead atoms. The van der Waals surface area contributed by atoms with Crippen LogP contribution in [0.5, 0.6) is 0 Å². The van der Waals surface area contributed by atoms with E-state index in [4.69, 9.17) is 0 Å². The molecule has 1 fully saturated rings. The maximum Gasteiger partial charge on any atom is 0.238 e. The summed E-state index contributed by atoms with van der Waals surface area (Å²) < 4.78 is 13.7. The molecule has 0 atom stereocenters. The molecule has 1 aliphatic heterocycles. The first-order chi connectivity index (χ1) is 14.1. The van der Waals surface area contributed by atoms with E-state index in [1.165, 1.54) is 6.07 Å². The van der Waals surface area contributed by atoms with Gasteiger partial charge >= 0.3 is 0 Å². The second kappa shape index (κ2) is 10.2. The molecule has 0 aliphatic carbocycles. The summed E-state index contributed by atoms with van der Waals surface area (Å²) in [6.07, 6.45) is 1.57. The molecule has 5 nitrogen and oxygen atoms in total. The fourth-order valence-corrected chi connectivity index (χ4v) is 3.60. The van der Waals surface area contributed by atoms with Crippen molar-refractivity contribution < 1.29 is 14.0 Å². The van der Waals surface area contributed by atoms with Crippen LogP contribution in [-0.4, -0.2) is 54.3 Å². The summed E-state index contributed by atoms with van der Waals surface area (Å²) in [5.74, 6) is -0.264. The molecule has 1 saturated heterocycles. The lowest BCUT2D eigenvalue weighted by Crippen LogP contribution is -2.50. The molecule has 154 valence electrons. The highest BCUT2D eigenvalue weighted by molar-refractivity contribution is 5.93. The van der Waals surface area contributed by atoms with Crippen molar-refractivity contribution in [2.75, 3.05) is 38.0 Å². The average Bonchev–Trinajstić information content (AvgIpc) is 2.74. The van der Waals surface area contributed by atoms with E-state index >= 15 is 0 Å². The van der Waals surface area contributed by atoms with Crippen LogP contribution in [0.1, 0.15) is 24.5 Å². The zero-order valence-corrected chi connectivity index (χ0v) is 16.9. The van der Waals surface area contributed by atoms with E-state index in [2.05, 4.69) is 17.1 Å². The first-order valence-corrected chi connectivity index (χ1v) is 10.2. The molecule has 0 saturated carbocycles.